The molecule has 1 unspecified atom stereocenters. The van der Waals surface area contributed by atoms with Gasteiger partial charge in [0.2, 0.25) is 0 Å². The molecule has 0 amide bonds. The van der Waals surface area contributed by atoms with Gasteiger partial charge in [0.1, 0.15) is 0 Å². The molecule has 108 valence electrons. The van der Waals surface area contributed by atoms with Gasteiger partial charge in [-0.05, 0) is 18.9 Å². The zero-order valence-corrected chi connectivity index (χ0v) is 12.5. The summed E-state index contributed by atoms with van der Waals surface area (Å²) in [5.41, 5.74) is 0.638. The highest BCUT2D eigenvalue weighted by molar-refractivity contribution is 6.31. The quantitative estimate of drug-likeness (QED) is 0.688. The zero-order chi connectivity index (χ0) is 14.3. The highest BCUT2D eigenvalue weighted by atomic mass is 35.5. The van der Waals surface area contributed by atoms with E-state index in [9.17, 15) is 10.2 Å². The maximum absolute atomic E-state index is 10.1. The summed E-state index contributed by atoms with van der Waals surface area (Å²) in [6.07, 6.45) is 1.20. The molecule has 0 radical (unpaired) electrons. The number of hydrogen-bond donors (Lipinski definition) is 3. The monoisotopic (exact) mass is 285 g/mol. The molecule has 0 aliphatic heterocycles. The summed E-state index contributed by atoms with van der Waals surface area (Å²) in [7, 11) is 0. The Morgan fingerprint density at radius 2 is 1.89 bits per heavy atom. The Hall–Kier alpha value is -0.610. The van der Waals surface area contributed by atoms with E-state index < -0.39 is 6.10 Å². The van der Waals surface area contributed by atoms with Crippen LogP contribution in [0.15, 0.2) is 24.3 Å². The van der Waals surface area contributed by atoms with Crippen LogP contribution in [0.5, 0.6) is 0 Å². The molecular formula is C15H24ClNO2. The summed E-state index contributed by atoms with van der Waals surface area (Å²) in [4.78, 5) is 0. The Bertz CT molecular complexity index is 372. The summed E-state index contributed by atoms with van der Waals surface area (Å²) in [5.74, 6) is 0. The predicted molar refractivity (Wildman–Crippen MR) is 79.4 cm³/mol. The lowest BCUT2D eigenvalue weighted by Crippen LogP contribution is -2.38. The molecule has 0 aliphatic carbocycles. The van der Waals surface area contributed by atoms with Crippen LogP contribution in [0, 0.1) is 5.41 Å². The van der Waals surface area contributed by atoms with Gasteiger partial charge in [0.05, 0.1) is 6.10 Å². The SMILES string of the molecule is CCC(CC)(CO)CNCC(O)c1ccccc1Cl. The van der Waals surface area contributed by atoms with Crippen molar-refractivity contribution in [3.8, 4) is 0 Å². The normalized spacial score (nSPS) is 13.5. The first-order valence-corrected chi connectivity index (χ1v) is 7.20. The molecule has 19 heavy (non-hydrogen) atoms. The standard InChI is InChI=1S/C15H24ClNO2/c1-3-15(4-2,11-18)10-17-9-14(19)12-7-5-6-8-13(12)16/h5-8,14,17-19H,3-4,9-11H2,1-2H3. The van der Waals surface area contributed by atoms with Crippen LogP contribution in [0.4, 0.5) is 0 Å². The van der Waals surface area contributed by atoms with Crippen LogP contribution in [0.25, 0.3) is 0 Å². The summed E-state index contributed by atoms with van der Waals surface area (Å²) in [5, 5.41) is 23.4. The minimum Gasteiger partial charge on any atom is -0.396 e. The molecular weight excluding hydrogens is 262 g/mol. The van der Waals surface area contributed by atoms with Crippen molar-refractivity contribution in [3.05, 3.63) is 34.9 Å². The molecule has 3 N–H and O–H groups in total. The lowest BCUT2D eigenvalue weighted by atomic mass is 9.83. The third-order valence-electron chi connectivity index (χ3n) is 3.94. The molecule has 4 heteroatoms. The van der Waals surface area contributed by atoms with Gasteiger partial charge in [-0.2, -0.15) is 0 Å². The average molecular weight is 286 g/mol. The fraction of sp³-hybridized carbons (Fsp3) is 0.600. The van der Waals surface area contributed by atoms with Crippen LogP contribution in [-0.2, 0) is 0 Å². The molecule has 0 saturated heterocycles. The van der Waals surface area contributed by atoms with E-state index in [4.69, 9.17) is 11.6 Å². The Kier molecular flexibility index (Phi) is 6.80. The van der Waals surface area contributed by atoms with Gasteiger partial charge in [-0.25, -0.2) is 0 Å². The molecule has 1 rings (SSSR count). The van der Waals surface area contributed by atoms with Crippen molar-refractivity contribution in [2.75, 3.05) is 19.7 Å². The number of hydrogen-bond acceptors (Lipinski definition) is 3. The van der Waals surface area contributed by atoms with Crippen molar-refractivity contribution in [2.45, 2.75) is 32.8 Å². The van der Waals surface area contributed by atoms with Crippen molar-refractivity contribution in [2.24, 2.45) is 5.41 Å². The number of halogens is 1. The molecule has 0 heterocycles. The molecule has 0 fully saturated rings. The Balaban J connectivity index is 2.51. The Morgan fingerprint density at radius 3 is 2.42 bits per heavy atom. The fourth-order valence-corrected chi connectivity index (χ4v) is 2.37. The minimum atomic E-state index is -0.626. The van der Waals surface area contributed by atoms with Gasteiger partial charge in [-0.15, -0.1) is 0 Å². The molecule has 1 aromatic rings. The van der Waals surface area contributed by atoms with Crippen molar-refractivity contribution in [1.82, 2.24) is 5.32 Å². The van der Waals surface area contributed by atoms with E-state index in [0.29, 0.717) is 18.1 Å². The van der Waals surface area contributed by atoms with Gasteiger partial charge in [-0.3, -0.25) is 0 Å². The van der Waals surface area contributed by atoms with E-state index in [2.05, 4.69) is 19.2 Å². The predicted octanol–water partition coefficient (Wildman–Crippen LogP) is 2.76. The van der Waals surface area contributed by atoms with Crippen molar-refractivity contribution in [1.29, 1.82) is 0 Å². The molecule has 3 nitrogen and oxygen atoms in total. The van der Waals surface area contributed by atoms with Crippen LogP contribution < -0.4 is 5.32 Å². The van der Waals surface area contributed by atoms with Crippen molar-refractivity contribution >= 4 is 11.6 Å². The van der Waals surface area contributed by atoms with Gasteiger partial charge >= 0.3 is 0 Å². The van der Waals surface area contributed by atoms with Gasteiger partial charge in [0.25, 0.3) is 0 Å². The highest BCUT2D eigenvalue weighted by Crippen LogP contribution is 2.25. The third-order valence-corrected chi connectivity index (χ3v) is 4.28. The van der Waals surface area contributed by atoms with E-state index in [1.807, 2.05) is 18.2 Å². The van der Waals surface area contributed by atoms with Crippen LogP contribution >= 0.6 is 11.6 Å². The van der Waals surface area contributed by atoms with Gasteiger partial charge < -0.3 is 15.5 Å². The molecule has 1 atom stereocenters. The summed E-state index contributed by atoms with van der Waals surface area (Å²) in [6.45, 7) is 5.44. The van der Waals surface area contributed by atoms with E-state index in [1.165, 1.54) is 0 Å². The van der Waals surface area contributed by atoms with Crippen LogP contribution in [0.1, 0.15) is 38.4 Å². The fourth-order valence-electron chi connectivity index (χ4n) is 2.11. The molecule has 0 bridgehead atoms. The van der Waals surface area contributed by atoms with Crippen LogP contribution in [0.2, 0.25) is 5.02 Å². The topological polar surface area (TPSA) is 52.5 Å². The highest BCUT2D eigenvalue weighted by Gasteiger charge is 2.25. The number of aliphatic hydroxyl groups is 2. The zero-order valence-electron chi connectivity index (χ0n) is 11.7. The number of benzene rings is 1. The van der Waals surface area contributed by atoms with Crippen molar-refractivity contribution in [3.63, 3.8) is 0 Å². The second-order valence-corrected chi connectivity index (χ2v) is 5.44. The van der Waals surface area contributed by atoms with E-state index in [0.717, 1.165) is 18.4 Å². The Morgan fingerprint density at radius 1 is 1.26 bits per heavy atom. The molecule has 0 spiro atoms. The van der Waals surface area contributed by atoms with E-state index in [1.54, 1.807) is 6.07 Å². The first kappa shape index (κ1) is 16.4. The number of rotatable bonds is 8. The third kappa shape index (κ3) is 4.46. The van der Waals surface area contributed by atoms with Gasteiger partial charge in [-0.1, -0.05) is 43.6 Å². The second-order valence-electron chi connectivity index (χ2n) is 5.03. The van der Waals surface area contributed by atoms with Crippen LogP contribution in [-0.4, -0.2) is 29.9 Å². The molecule has 0 aliphatic rings. The Labute approximate surface area is 120 Å². The maximum atomic E-state index is 10.1. The summed E-state index contributed by atoms with van der Waals surface area (Å²) in [6, 6.07) is 7.31. The smallest absolute Gasteiger partial charge is 0.0928 e. The number of aliphatic hydroxyl groups excluding tert-OH is 2. The molecule has 1 aromatic carbocycles. The summed E-state index contributed by atoms with van der Waals surface area (Å²) < 4.78 is 0. The lowest BCUT2D eigenvalue weighted by Gasteiger charge is -2.30. The van der Waals surface area contributed by atoms with E-state index in [-0.39, 0.29) is 12.0 Å². The first-order valence-electron chi connectivity index (χ1n) is 6.82. The second kappa shape index (κ2) is 7.85. The molecule has 0 saturated carbocycles. The molecule has 0 aromatic heterocycles. The van der Waals surface area contributed by atoms with Gasteiger partial charge in [0, 0.05) is 35.7 Å². The first-order chi connectivity index (χ1) is 9.08. The maximum Gasteiger partial charge on any atom is 0.0928 e. The largest absolute Gasteiger partial charge is 0.396 e. The van der Waals surface area contributed by atoms with Crippen LogP contribution in [0.3, 0.4) is 0 Å². The van der Waals surface area contributed by atoms with E-state index >= 15 is 0 Å². The minimum absolute atomic E-state index is 0.0970. The van der Waals surface area contributed by atoms with Gasteiger partial charge in [0.15, 0.2) is 0 Å². The number of nitrogens with one attached hydrogen (secondary N) is 1. The average Bonchev–Trinajstić information content (AvgIpc) is 2.44. The summed E-state index contributed by atoms with van der Waals surface area (Å²) >= 11 is 6.04. The lowest BCUT2D eigenvalue weighted by molar-refractivity contribution is 0.104. The van der Waals surface area contributed by atoms with Crippen molar-refractivity contribution < 1.29 is 10.2 Å².